The Balaban J connectivity index is 2.04. The SMILES string of the molecule is Nc1cc(Br)ccc1S(=O)(=O)CCSc1ccccc1. The van der Waals surface area contributed by atoms with E-state index in [1.165, 1.54) is 11.8 Å². The van der Waals surface area contributed by atoms with Crippen molar-refractivity contribution >= 4 is 43.2 Å². The molecule has 2 rings (SSSR count). The lowest BCUT2D eigenvalue weighted by molar-refractivity contribution is 0.598. The summed E-state index contributed by atoms with van der Waals surface area (Å²) >= 11 is 4.79. The quantitative estimate of drug-likeness (QED) is 0.644. The molecule has 0 radical (unpaired) electrons. The number of hydrogen-bond donors (Lipinski definition) is 1. The van der Waals surface area contributed by atoms with Crippen molar-refractivity contribution in [3.8, 4) is 0 Å². The fourth-order valence-electron chi connectivity index (χ4n) is 1.70. The van der Waals surface area contributed by atoms with Crippen LogP contribution >= 0.6 is 27.7 Å². The van der Waals surface area contributed by atoms with Gasteiger partial charge in [0.05, 0.1) is 16.3 Å². The molecule has 0 heterocycles. The molecule has 0 saturated heterocycles. The van der Waals surface area contributed by atoms with Crippen LogP contribution in [0, 0.1) is 0 Å². The molecule has 3 nitrogen and oxygen atoms in total. The van der Waals surface area contributed by atoms with Gasteiger partial charge < -0.3 is 5.73 Å². The van der Waals surface area contributed by atoms with Gasteiger partial charge in [0.2, 0.25) is 0 Å². The summed E-state index contributed by atoms with van der Waals surface area (Å²) in [6.45, 7) is 0. The van der Waals surface area contributed by atoms with Gasteiger partial charge in [-0.15, -0.1) is 11.8 Å². The molecule has 106 valence electrons. The molecule has 6 heteroatoms. The Morgan fingerprint density at radius 2 is 1.80 bits per heavy atom. The molecule has 0 aliphatic rings. The first kappa shape index (κ1) is 15.4. The number of thioether (sulfide) groups is 1. The lowest BCUT2D eigenvalue weighted by atomic mass is 10.3. The Hall–Kier alpha value is -0.980. The van der Waals surface area contributed by atoms with E-state index < -0.39 is 9.84 Å². The molecule has 0 aromatic heterocycles. The van der Waals surface area contributed by atoms with Crippen molar-refractivity contribution in [2.24, 2.45) is 0 Å². The van der Waals surface area contributed by atoms with Gasteiger partial charge >= 0.3 is 0 Å². The lowest BCUT2D eigenvalue weighted by Gasteiger charge is -2.08. The Morgan fingerprint density at radius 1 is 1.10 bits per heavy atom. The summed E-state index contributed by atoms with van der Waals surface area (Å²) in [5.41, 5.74) is 6.06. The first-order valence-electron chi connectivity index (χ1n) is 5.95. The van der Waals surface area contributed by atoms with Gasteiger partial charge in [-0.1, -0.05) is 34.1 Å². The van der Waals surface area contributed by atoms with E-state index in [9.17, 15) is 8.42 Å². The molecular formula is C14H14BrNO2S2. The van der Waals surface area contributed by atoms with Crippen LogP contribution in [-0.4, -0.2) is 19.9 Å². The minimum atomic E-state index is -3.34. The van der Waals surface area contributed by atoms with Crippen molar-refractivity contribution in [2.45, 2.75) is 9.79 Å². The smallest absolute Gasteiger partial charge is 0.181 e. The molecule has 0 saturated carbocycles. The molecule has 0 spiro atoms. The van der Waals surface area contributed by atoms with E-state index in [1.807, 2.05) is 30.3 Å². The van der Waals surface area contributed by atoms with Crippen LogP contribution in [0.4, 0.5) is 5.69 Å². The molecule has 0 fully saturated rings. The molecule has 0 unspecified atom stereocenters. The summed E-state index contributed by atoms with van der Waals surface area (Å²) in [5, 5.41) is 0. The minimum absolute atomic E-state index is 0.0679. The number of rotatable bonds is 5. The van der Waals surface area contributed by atoms with Gasteiger partial charge in [0.15, 0.2) is 9.84 Å². The van der Waals surface area contributed by atoms with Gasteiger partial charge in [-0.05, 0) is 30.3 Å². The highest BCUT2D eigenvalue weighted by atomic mass is 79.9. The second-order valence-electron chi connectivity index (χ2n) is 4.16. The highest BCUT2D eigenvalue weighted by Gasteiger charge is 2.17. The van der Waals surface area contributed by atoms with Crippen LogP contribution in [0.2, 0.25) is 0 Å². The third-order valence-electron chi connectivity index (χ3n) is 2.67. The number of hydrogen-bond acceptors (Lipinski definition) is 4. The van der Waals surface area contributed by atoms with E-state index in [0.29, 0.717) is 5.75 Å². The van der Waals surface area contributed by atoms with E-state index in [0.717, 1.165) is 9.37 Å². The van der Waals surface area contributed by atoms with E-state index in [-0.39, 0.29) is 16.3 Å². The van der Waals surface area contributed by atoms with Crippen molar-refractivity contribution in [2.75, 3.05) is 17.2 Å². The molecule has 2 N–H and O–H groups in total. The summed E-state index contributed by atoms with van der Waals surface area (Å²) in [7, 11) is -3.34. The monoisotopic (exact) mass is 371 g/mol. The molecule has 2 aromatic rings. The zero-order valence-corrected chi connectivity index (χ0v) is 13.8. The number of halogens is 1. The first-order valence-corrected chi connectivity index (χ1v) is 9.38. The van der Waals surface area contributed by atoms with Crippen molar-refractivity contribution in [3.63, 3.8) is 0 Å². The summed E-state index contributed by atoms with van der Waals surface area (Å²) in [6.07, 6.45) is 0. The van der Waals surface area contributed by atoms with E-state index in [2.05, 4.69) is 15.9 Å². The van der Waals surface area contributed by atoms with Crippen molar-refractivity contribution < 1.29 is 8.42 Å². The van der Waals surface area contributed by atoms with Crippen molar-refractivity contribution in [1.82, 2.24) is 0 Å². The topological polar surface area (TPSA) is 60.2 Å². The predicted octanol–water partition coefficient (Wildman–Crippen LogP) is 3.60. The Labute approximate surface area is 131 Å². The summed E-state index contributed by atoms with van der Waals surface area (Å²) < 4.78 is 25.3. The van der Waals surface area contributed by atoms with Gasteiger partial charge in [0.1, 0.15) is 0 Å². The van der Waals surface area contributed by atoms with Gasteiger partial charge in [-0.25, -0.2) is 8.42 Å². The Kier molecular flexibility index (Phi) is 5.12. The Morgan fingerprint density at radius 3 is 2.45 bits per heavy atom. The number of sulfone groups is 1. The second kappa shape index (κ2) is 6.65. The molecule has 20 heavy (non-hydrogen) atoms. The zero-order chi connectivity index (χ0) is 14.6. The average Bonchev–Trinajstić information content (AvgIpc) is 2.39. The molecule has 0 bridgehead atoms. The van der Waals surface area contributed by atoms with E-state index >= 15 is 0 Å². The van der Waals surface area contributed by atoms with Crippen LogP contribution in [-0.2, 0) is 9.84 Å². The summed E-state index contributed by atoms with van der Waals surface area (Å²) in [6, 6.07) is 14.6. The largest absolute Gasteiger partial charge is 0.398 e. The number of nitrogens with two attached hydrogens (primary N) is 1. The molecule has 2 aromatic carbocycles. The highest BCUT2D eigenvalue weighted by Crippen LogP contribution is 2.25. The van der Waals surface area contributed by atoms with Crippen molar-refractivity contribution in [3.05, 3.63) is 53.0 Å². The average molecular weight is 372 g/mol. The zero-order valence-electron chi connectivity index (χ0n) is 10.6. The third-order valence-corrected chi connectivity index (χ3v) is 6.22. The molecule has 0 atom stereocenters. The first-order chi connectivity index (χ1) is 9.49. The van der Waals surface area contributed by atoms with Crippen LogP contribution < -0.4 is 5.73 Å². The van der Waals surface area contributed by atoms with Crippen LogP contribution in [0.5, 0.6) is 0 Å². The predicted molar refractivity (Wildman–Crippen MR) is 87.8 cm³/mol. The maximum absolute atomic E-state index is 12.2. The van der Waals surface area contributed by atoms with Crippen LogP contribution in [0.3, 0.4) is 0 Å². The standard InChI is InChI=1S/C14H14BrNO2S2/c15-11-6-7-14(13(16)10-11)20(17,18)9-8-19-12-4-2-1-3-5-12/h1-7,10H,8-9,16H2. The summed E-state index contributed by atoms with van der Waals surface area (Å²) in [4.78, 5) is 1.26. The number of nitrogen functional groups attached to an aromatic ring is 1. The second-order valence-corrected chi connectivity index (χ2v) is 8.32. The Bertz CT molecular complexity index is 688. The fraction of sp³-hybridized carbons (Fsp3) is 0.143. The van der Waals surface area contributed by atoms with E-state index in [4.69, 9.17) is 5.73 Å². The fourth-order valence-corrected chi connectivity index (χ4v) is 4.79. The van der Waals surface area contributed by atoms with Gasteiger partial charge in [0, 0.05) is 15.1 Å². The number of anilines is 1. The maximum atomic E-state index is 12.2. The molecule has 0 amide bonds. The maximum Gasteiger partial charge on any atom is 0.181 e. The minimum Gasteiger partial charge on any atom is -0.398 e. The van der Waals surface area contributed by atoms with Crippen molar-refractivity contribution in [1.29, 1.82) is 0 Å². The lowest BCUT2D eigenvalue weighted by Crippen LogP contribution is -2.11. The summed E-state index contributed by atoms with van der Waals surface area (Å²) in [5.74, 6) is 0.570. The highest BCUT2D eigenvalue weighted by molar-refractivity contribution is 9.10. The van der Waals surface area contributed by atoms with Crippen LogP contribution in [0.25, 0.3) is 0 Å². The van der Waals surface area contributed by atoms with E-state index in [1.54, 1.807) is 18.2 Å². The number of benzene rings is 2. The molecular weight excluding hydrogens is 358 g/mol. The molecule has 0 aliphatic carbocycles. The van der Waals surface area contributed by atoms with Gasteiger partial charge in [-0.2, -0.15) is 0 Å². The normalized spacial score (nSPS) is 11.4. The van der Waals surface area contributed by atoms with Crippen LogP contribution in [0.15, 0.2) is 62.8 Å². The van der Waals surface area contributed by atoms with Gasteiger partial charge in [0.25, 0.3) is 0 Å². The van der Waals surface area contributed by atoms with Gasteiger partial charge in [-0.3, -0.25) is 0 Å². The van der Waals surface area contributed by atoms with Crippen LogP contribution in [0.1, 0.15) is 0 Å². The molecule has 0 aliphatic heterocycles. The third kappa shape index (κ3) is 4.01.